The van der Waals surface area contributed by atoms with E-state index in [0.29, 0.717) is 32.2 Å². The van der Waals surface area contributed by atoms with Crippen LogP contribution >= 0.6 is 0 Å². The van der Waals surface area contributed by atoms with E-state index in [2.05, 4.69) is 10.0 Å². The molecular formula is C23H27F3N2O3S. The third-order valence-corrected chi connectivity index (χ3v) is 7.33. The van der Waals surface area contributed by atoms with Gasteiger partial charge < -0.3 is 5.32 Å². The van der Waals surface area contributed by atoms with Crippen LogP contribution in [0.15, 0.2) is 53.4 Å². The molecule has 3 rings (SSSR count). The van der Waals surface area contributed by atoms with E-state index >= 15 is 0 Å². The zero-order valence-corrected chi connectivity index (χ0v) is 18.6. The third kappa shape index (κ3) is 6.32. The average Bonchev–Trinajstić information content (AvgIpc) is 2.77. The number of alkyl halides is 3. The number of hydrogen-bond acceptors (Lipinski definition) is 3. The standard InChI is InChI=1S/C23H27F3N2O3S/c1-16-6-8-17(9-7-16)14-27-22(29)19-12-10-18(11-13-19)15-28-32(30,31)21-5-3-2-4-20(21)23(24,25)26/h2-9,18-19,28H,10-15H2,1H3,(H,27,29)/t18-,19-. The summed E-state index contributed by atoms with van der Waals surface area (Å²) in [5.74, 6) is -0.188. The van der Waals surface area contributed by atoms with Crippen LogP contribution in [0.1, 0.15) is 42.4 Å². The van der Waals surface area contributed by atoms with Crippen molar-refractivity contribution in [2.75, 3.05) is 6.54 Å². The molecule has 0 saturated heterocycles. The number of nitrogens with one attached hydrogen (secondary N) is 2. The topological polar surface area (TPSA) is 75.3 Å². The van der Waals surface area contributed by atoms with Crippen LogP contribution in [-0.4, -0.2) is 20.9 Å². The first kappa shape index (κ1) is 24.3. The molecule has 0 heterocycles. The van der Waals surface area contributed by atoms with E-state index in [9.17, 15) is 26.4 Å². The number of sulfonamides is 1. The van der Waals surface area contributed by atoms with Crippen molar-refractivity contribution >= 4 is 15.9 Å². The molecule has 174 valence electrons. The van der Waals surface area contributed by atoms with E-state index in [-0.39, 0.29) is 24.3 Å². The number of amides is 1. The Kier molecular flexibility index (Phi) is 7.61. The lowest BCUT2D eigenvalue weighted by Crippen LogP contribution is -2.36. The number of benzene rings is 2. The van der Waals surface area contributed by atoms with Crippen molar-refractivity contribution in [3.8, 4) is 0 Å². The van der Waals surface area contributed by atoms with Crippen LogP contribution in [0, 0.1) is 18.8 Å². The van der Waals surface area contributed by atoms with Gasteiger partial charge in [-0.1, -0.05) is 42.0 Å². The molecule has 0 aliphatic heterocycles. The van der Waals surface area contributed by atoms with E-state index in [0.717, 1.165) is 29.3 Å². The Labute approximate surface area is 186 Å². The molecule has 1 aliphatic carbocycles. The van der Waals surface area contributed by atoms with Crippen LogP contribution in [0.5, 0.6) is 0 Å². The fourth-order valence-electron chi connectivity index (χ4n) is 3.91. The van der Waals surface area contributed by atoms with Gasteiger partial charge in [0.05, 0.1) is 10.5 Å². The molecule has 2 aromatic carbocycles. The highest BCUT2D eigenvalue weighted by molar-refractivity contribution is 7.89. The first-order chi connectivity index (χ1) is 15.1. The molecule has 1 aliphatic rings. The molecule has 1 fully saturated rings. The van der Waals surface area contributed by atoms with Crippen LogP contribution in [0.25, 0.3) is 0 Å². The summed E-state index contributed by atoms with van der Waals surface area (Å²) in [6, 6.07) is 12.1. The lowest BCUT2D eigenvalue weighted by molar-refractivity contribution is -0.139. The van der Waals surface area contributed by atoms with Gasteiger partial charge in [-0.05, 0) is 56.2 Å². The van der Waals surface area contributed by atoms with Crippen molar-refractivity contribution in [1.29, 1.82) is 0 Å². The minimum absolute atomic E-state index is 0.0241. The summed E-state index contributed by atoms with van der Waals surface area (Å²) in [5, 5.41) is 2.94. The van der Waals surface area contributed by atoms with Crippen LogP contribution < -0.4 is 10.0 Å². The fourth-order valence-corrected chi connectivity index (χ4v) is 5.25. The van der Waals surface area contributed by atoms with Gasteiger partial charge in [-0.3, -0.25) is 4.79 Å². The third-order valence-electron chi connectivity index (χ3n) is 5.85. The van der Waals surface area contributed by atoms with Gasteiger partial charge in [0, 0.05) is 19.0 Å². The second-order valence-corrected chi connectivity index (χ2v) is 10.0. The molecular weight excluding hydrogens is 441 g/mol. The van der Waals surface area contributed by atoms with Crippen molar-refractivity contribution in [3.05, 3.63) is 65.2 Å². The lowest BCUT2D eigenvalue weighted by Gasteiger charge is -2.28. The maximum absolute atomic E-state index is 13.2. The average molecular weight is 469 g/mol. The number of carbonyl (C=O) groups is 1. The van der Waals surface area contributed by atoms with Gasteiger partial charge in [0.15, 0.2) is 0 Å². The summed E-state index contributed by atoms with van der Waals surface area (Å²) in [4.78, 5) is 11.7. The molecule has 0 spiro atoms. The molecule has 0 aromatic heterocycles. The maximum atomic E-state index is 13.2. The van der Waals surface area contributed by atoms with Crippen LogP contribution in [0.4, 0.5) is 13.2 Å². The first-order valence-corrected chi connectivity index (χ1v) is 12.0. The minimum atomic E-state index is -4.75. The predicted molar refractivity (Wildman–Crippen MR) is 115 cm³/mol. The second-order valence-electron chi connectivity index (χ2n) is 8.27. The number of carbonyl (C=O) groups excluding carboxylic acids is 1. The molecule has 0 radical (unpaired) electrons. The van der Waals surface area contributed by atoms with Gasteiger partial charge in [0.25, 0.3) is 0 Å². The monoisotopic (exact) mass is 468 g/mol. The zero-order valence-electron chi connectivity index (χ0n) is 17.8. The zero-order chi connectivity index (χ0) is 23.4. The largest absolute Gasteiger partial charge is 0.417 e. The molecule has 5 nitrogen and oxygen atoms in total. The molecule has 0 bridgehead atoms. The predicted octanol–water partition coefficient (Wildman–Crippen LogP) is 4.41. The first-order valence-electron chi connectivity index (χ1n) is 10.6. The Hall–Kier alpha value is -2.39. The summed E-state index contributed by atoms with van der Waals surface area (Å²) in [6.07, 6.45) is -2.26. The lowest BCUT2D eigenvalue weighted by atomic mass is 9.81. The molecule has 9 heteroatoms. The van der Waals surface area contributed by atoms with Crippen molar-refractivity contribution in [1.82, 2.24) is 10.0 Å². The van der Waals surface area contributed by atoms with Gasteiger partial charge in [-0.15, -0.1) is 0 Å². The second kappa shape index (κ2) is 10.0. The number of hydrogen-bond donors (Lipinski definition) is 2. The molecule has 0 atom stereocenters. The maximum Gasteiger partial charge on any atom is 0.417 e. The molecule has 0 unspecified atom stereocenters. The minimum Gasteiger partial charge on any atom is -0.352 e. The Bertz CT molecular complexity index is 1030. The van der Waals surface area contributed by atoms with Crippen LogP contribution in [0.2, 0.25) is 0 Å². The Balaban J connectivity index is 1.49. The number of halogens is 3. The Morgan fingerprint density at radius 2 is 1.62 bits per heavy atom. The van der Waals surface area contributed by atoms with Crippen molar-refractivity contribution in [2.45, 2.75) is 50.2 Å². The highest BCUT2D eigenvalue weighted by atomic mass is 32.2. The molecule has 32 heavy (non-hydrogen) atoms. The normalized spacial score (nSPS) is 19.5. The van der Waals surface area contributed by atoms with E-state index in [1.54, 1.807) is 0 Å². The summed E-state index contributed by atoms with van der Waals surface area (Å²) >= 11 is 0. The van der Waals surface area contributed by atoms with E-state index in [4.69, 9.17) is 0 Å². The smallest absolute Gasteiger partial charge is 0.352 e. The van der Waals surface area contributed by atoms with Crippen LogP contribution in [-0.2, 0) is 27.5 Å². The number of aryl methyl sites for hydroxylation is 1. The van der Waals surface area contributed by atoms with Gasteiger partial charge in [-0.25, -0.2) is 13.1 Å². The molecule has 1 saturated carbocycles. The molecule has 2 N–H and O–H groups in total. The van der Waals surface area contributed by atoms with Crippen LogP contribution in [0.3, 0.4) is 0 Å². The van der Waals surface area contributed by atoms with Gasteiger partial charge >= 0.3 is 6.18 Å². The highest BCUT2D eigenvalue weighted by Crippen LogP contribution is 2.34. The fraction of sp³-hybridized carbons (Fsp3) is 0.435. The van der Waals surface area contributed by atoms with Crippen molar-refractivity contribution in [2.24, 2.45) is 11.8 Å². The Morgan fingerprint density at radius 1 is 1.00 bits per heavy atom. The summed E-state index contributed by atoms with van der Waals surface area (Å²) in [6.45, 7) is 2.50. The van der Waals surface area contributed by atoms with Gasteiger partial charge in [-0.2, -0.15) is 13.2 Å². The summed E-state index contributed by atoms with van der Waals surface area (Å²) < 4.78 is 66.7. The summed E-state index contributed by atoms with van der Waals surface area (Å²) in [7, 11) is -4.29. The van der Waals surface area contributed by atoms with Crippen molar-refractivity contribution < 1.29 is 26.4 Å². The van der Waals surface area contributed by atoms with E-state index < -0.39 is 26.7 Å². The highest BCUT2D eigenvalue weighted by Gasteiger charge is 2.37. The van der Waals surface area contributed by atoms with E-state index in [1.165, 1.54) is 6.07 Å². The van der Waals surface area contributed by atoms with Gasteiger partial charge in [0.1, 0.15) is 0 Å². The molecule has 2 aromatic rings. The van der Waals surface area contributed by atoms with Crippen molar-refractivity contribution in [3.63, 3.8) is 0 Å². The summed E-state index contributed by atoms with van der Waals surface area (Å²) in [5.41, 5.74) is 0.989. The SMILES string of the molecule is Cc1ccc(CNC(=O)[C@H]2CC[C@H](CNS(=O)(=O)c3ccccc3C(F)(F)F)CC2)cc1. The quantitative estimate of drug-likeness (QED) is 0.632. The Morgan fingerprint density at radius 3 is 2.25 bits per heavy atom. The molecule has 1 amide bonds. The van der Waals surface area contributed by atoms with E-state index in [1.807, 2.05) is 31.2 Å². The van der Waals surface area contributed by atoms with Gasteiger partial charge in [0.2, 0.25) is 15.9 Å². The number of rotatable bonds is 7.